The fourth-order valence-corrected chi connectivity index (χ4v) is 3.44. The molecule has 1 heteroatoms. The minimum atomic E-state index is 0.486. The second-order valence-electron chi connectivity index (χ2n) is 8.24. The summed E-state index contributed by atoms with van der Waals surface area (Å²) >= 11 is 0. The molecule has 1 aliphatic rings. The van der Waals surface area contributed by atoms with Crippen molar-refractivity contribution in [3.8, 4) is 0 Å². The second kappa shape index (κ2) is 7.67. The summed E-state index contributed by atoms with van der Waals surface area (Å²) in [6.07, 6.45) is 8.33. The molecule has 0 amide bonds. The third-order valence-corrected chi connectivity index (χ3v) is 4.89. The van der Waals surface area contributed by atoms with Gasteiger partial charge in [-0.2, -0.15) is 0 Å². The average Bonchev–Trinajstić information content (AvgIpc) is 2.33. The third kappa shape index (κ3) is 6.29. The molecule has 114 valence electrons. The van der Waals surface area contributed by atoms with E-state index in [0.717, 1.165) is 23.8 Å². The van der Waals surface area contributed by atoms with Crippen LogP contribution >= 0.6 is 0 Å². The van der Waals surface area contributed by atoms with Gasteiger partial charge in [0.1, 0.15) is 0 Å². The van der Waals surface area contributed by atoms with Gasteiger partial charge in [0.05, 0.1) is 0 Å². The highest BCUT2D eigenvalue weighted by molar-refractivity contribution is 4.86. The van der Waals surface area contributed by atoms with E-state index < -0.39 is 0 Å². The molecule has 1 nitrogen and oxygen atoms in total. The largest absolute Gasteiger partial charge is 0.314 e. The van der Waals surface area contributed by atoms with Crippen LogP contribution in [0.15, 0.2) is 0 Å². The van der Waals surface area contributed by atoms with Gasteiger partial charge in [-0.15, -0.1) is 0 Å². The predicted molar refractivity (Wildman–Crippen MR) is 86.4 cm³/mol. The van der Waals surface area contributed by atoms with Gasteiger partial charge in [0.25, 0.3) is 0 Å². The molecular formula is C18H37N. The monoisotopic (exact) mass is 267 g/mol. The van der Waals surface area contributed by atoms with Gasteiger partial charge < -0.3 is 5.32 Å². The Morgan fingerprint density at radius 3 is 2.37 bits per heavy atom. The maximum Gasteiger partial charge on any atom is 0.00955 e. The van der Waals surface area contributed by atoms with Gasteiger partial charge in [0.2, 0.25) is 0 Å². The minimum absolute atomic E-state index is 0.486. The minimum Gasteiger partial charge on any atom is -0.314 e. The molecule has 0 aromatic rings. The number of nitrogens with one attached hydrogen (secondary N) is 1. The van der Waals surface area contributed by atoms with Crippen LogP contribution in [-0.2, 0) is 0 Å². The van der Waals surface area contributed by atoms with Gasteiger partial charge in [-0.1, -0.05) is 41.5 Å². The Kier molecular flexibility index (Phi) is 6.86. The van der Waals surface area contributed by atoms with E-state index in [-0.39, 0.29) is 0 Å². The van der Waals surface area contributed by atoms with Crippen LogP contribution in [0, 0.1) is 23.2 Å². The van der Waals surface area contributed by atoms with E-state index in [1.165, 1.54) is 45.1 Å². The number of rotatable bonds is 6. The van der Waals surface area contributed by atoms with Crippen LogP contribution in [0.25, 0.3) is 0 Å². The van der Waals surface area contributed by atoms with Crippen molar-refractivity contribution in [3.05, 3.63) is 0 Å². The molecule has 0 saturated heterocycles. The number of hydrogen-bond acceptors (Lipinski definition) is 1. The molecule has 1 fully saturated rings. The van der Waals surface area contributed by atoms with Crippen molar-refractivity contribution in [2.24, 2.45) is 23.2 Å². The van der Waals surface area contributed by atoms with Gasteiger partial charge in [-0.25, -0.2) is 0 Å². The molecule has 0 aliphatic heterocycles. The predicted octanol–water partition coefficient (Wildman–Crippen LogP) is 5.25. The van der Waals surface area contributed by atoms with Crippen LogP contribution < -0.4 is 5.32 Å². The lowest BCUT2D eigenvalue weighted by Gasteiger charge is -2.39. The highest BCUT2D eigenvalue weighted by Crippen LogP contribution is 2.38. The standard InChI is InChI=1S/C18H37N/c1-7-12-19-17-9-8-15(14(2)3)13-16(17)10-11-18(4,5)6/h14-17,19H,7-13H2,1-6H3. The fraction of sp³-hybridized carbons (Fsp3) is 1.00. The van der Waals surface area contributed by atoms with Crippen LogP contribution in [0.2, 0.25) is 0 Å². The van der Waals surface area contributed by atoms with E-state index in [9.17, 15) is 0 Å². The Bertz CT molecular complexity index is 239. The molecule has 19 heavy (non-hydrogen) atoms. The first-order valence-electron chi connectivity index (χ1n) is 8.57. The maximum atomic E-state index is 3.82. The van der Waals surface area contributed by atoms with E-state index >= 15 is 0 Å². The van der Waals surface area contributed by atoms with E-state index in [1.54, 1.807) is 0 Å². The molecular weight excluding hydrogens is 230 g/mol. The third-order valence-electron chi connectivity index (χ3n) is 4.89. The summed E-state index contributed by atoms with van der Waals surface area (Å²) in [6.45, 7) is 15.4. The first-order chi connectivity index (χ1) is 8.83. The lowest BCUT2D eigenvalue weighted by atomic mass is 9.70. The van der Waals surface area contributed by atoms with Crippen LogP contribution in [0.3, 0.4) is 0 Å². The summed E-state index contributed by atoms with van der Waals surface area (Å²) in [5, 5.41) is 3.82. The summed E-state index contributed by atoms with van der Waals surface area (Å²) in [5.74, 6) is 2.74. The zero-order valence-electron chi connectivity index (χ0n) is 14.3. The lowest BCUT2D eigenvalue weighted by Crippen LogP contribution is -2.42. The summed E-state index contributed by atoms with van der Waals surface area (Å²) in [4.78, 5) is 0. The quantitative estimate of drug-likeness (QED) is 0.693. The van der Waals surface area contributed by atoms with Crippen molar-refractivity contribution in [1.29, 1.82) is 0 Å². The molecule has 1 saturated carbocycles. The zero-order chi connectivity index (χ0) is 14.5. The summed E-state index contributed by atoms with van der Waals surface area (Å²) < 4.78 is 0. The average molecular weight is 268 g/mol. The molecule has 0 spiro atoms. The van der Waals surface area contributed by atoms with E-state index in [1.807, 2.05) is 0 Å². The van der Waals surface area contributed by atoms with Crippen molar-refractivity contribution in [1.82, 2.24) is 5.32 Å². The molecule has 1 rings (SSSR count). The van der Waals surface area contributed by atoms with Crippen LogP contribution in [-0.4, -0.2) is 12.6 Å². The summed E-state index contributed by atoms with van der Waals surface area (Å²) in [7, 11) is 0. The van der Waals surface area contributed by atoms with Crippen molar-refractivity contribution in [3.63, 3.8) is 0 Å². The smallest absolute Gasteiger partial charge is 0.00955 e. The fourth-order valence-electron chi connectivity index (χ4n) is 3.44. The molecule has 0 aromatic heterocycles. The van der Waals surface area contributed by atoms with E-state index in [0.29, 0.717) is 5.41 Å². The molecule has 3 atom stereocenters. The van der Waals surface area contributed by atoms with Gasteiger partial charge in [-0.3, -0.25) is 0 Å². The van der Waals surface area contributed by atoms with Gasteiger partial charge in [0.15, 0.2) is 0 Å². The molecule has 0 heterocycles. The Balaban J connectivity index is 2.54. The maximum absolute atomic E-state index is 3.82. The summed E-state index contributed by atoms with van der Waals surface area (Å²) in [6, 6.07) is 0.789. The Labute approximate surface area is 121 Å². The van der Waals surface area contributed by atoms with Gasteiger partial charge >= 0.3 is 0 Å². The molecule has 1 N–H and O–H groups in total. The van der Waals surface area contributed by atoms with Crippen molar-refractivity contribution >= 4 is 0 Å². The zero-order valence-corrected chi connectivity index (χ0v) is 14.3. The van der Waals surface area contributed by atoms with Crippen LogP contribution in [0.1, 0.15) is 80.1 Å². The highest BCUT2D eigenvalue weighted by Gasteiger charge is 2.31. The molecule has 0 aromatic carbocycles. The van der Waals surface area contributed by atoms with Crippen molar-refractivity contribution in [2.45, 2.75) is 86.1 Å². The molecule has 1 aliphatic carbocycles. The number of hydrogen-bond donors (Lipinski definition) is 1. The lowest BCUT2D eigenvalue weighted by molar-refractivity contribution is 0.148. The molecule has 0 bridgehead atoms. The normalized spacial score (nSPS) is 28.9. The SMILES string of the molecule is CCCNC1CCC(C(C)C)CC1CCC(C)(C)C. The summed E-state index contributed by atoms with van der Waals surface area (Å²) in [5.41, 5.74) is 0.486. The van der Waals surface area contributed by atoms with Crippen molar-refractivity contribution in [2.75, 3.05) is 6.54 Å². The van der Waals surface area contributed by atoms with E-state index in [2.05, 4.69) is 46.9 Å². The Morgan fingerprint density at radius 1 is 1.16 bits per heavy atom. The van der Waals surface area contributed by atoms with Crippen molar-refractivity contribution < 1.29 is 0 Å². The van der Waals surface area contributed by atoms with Crippen LogP contribution in [0.4, 0.5) is 0 Å². The van der Waals surface area contributed by atoms with Gasteiger partial charge in [0, 0.05) is 6.04 Å². The topological polar surface area (TPSA) is 12.0 Å². The Hall–Kier alpha value is -0.0400. The first kappa shape index (κ1) is 17.0. The van der Waals surface area contributed by atoms with Crippen LogP contribution in [0.5, 0.6) is 0 Å². The van der Waals surface area contributed by atoms with Gasteiger partial charge in [-0.05, 0) is 68.2 Å². The highest BCUT2D eigenvalue weighted by atomic mass is 14.9. The van der Waals surface area contributed by atoms with E-state index in [4.69, 9.17) is 0 Å². The Morgan fingerprint density at radius 2 is 1.84 bits per heavy atom. The first-order valence-corrected chi connectivity index (χ1v) is 8.57. The molecule has 3 unspecified atom stereocenters. The molecule has 0 radical (unpaired) electrons. The second-order valence-corrected chi connectivity index (χ2v) is 8.24.